The molecule has 12 heavy (non-hydrogen) atoms. The number of fused-ring (bicyclic) bond motifs is 1. The molecule has 2 fully saturated rings. The van der Waals surface area contributed by atoms with Crippen LogP contribution in [0, 0.1) is 11.3 Å². The van der Waals surface area contributed by atoms with Crippen LogP contribution in [-0.4, -0.2) is 22.4 Å². The van der Waals surface area contributed by atoms with Crippen molar-refractivity contribution in [3.8, 4) is 0 Å². The molecule has 2 nitrogen and oxygen atoms in total. The highest BCUT2D eigenvalue weighted by Crippen LogP contribution is 2.51. The van der Waals surface area contributed by atoms with Crippen molar-refractivity contribution in [1.29, 1.82) is 0 Å². The standard InChI is InChI=1S/C10H18O2/c1-10-5-3-2-4-7(10)6-8(11)9(10)12/h7-9,11-12H,2-6H2,1H3. The van der Waals surface area contributed by atoms with Gasteiger partial charge in [0.1, 0.15) is 0 Å². The fourth-order valence-corrected chi connectivity index (χ4v) is 3.07. The van der Waals surface area contributed by atoms with E-state index in [1.54, 1.807) is 0 Å². The van der Waals surface area contributed by atoms with Gasteiger partial charge in [0.25, 0.3) is 0 Å². The first-order chi connectivity index (χ1) is 5.64. The predicted octanol–water partition coefficient (Wildman–Crippen LogP) is 1.31. The summed E-state index contributed by atoms with van der Waals surface area (Å²) in [5, 5.41) is 19.3. The maximum atomic E-state index is 9.80. The normalized spacial score (nSPS) is 53.8. The lowest BCUT2D eigenvalue weighted by Crippen LogP contribution is -2.38. The van der Waals surface area contributed by atoms with Crippen molar-refractivity contribution in [2.45, 2.75) is 51.2 Å². The molecule has 0 saturated heterocycles. The van der Waals surface area contributed by atoms with E-state index >= 15 is 0 Å². The quantitative estimate of drug-likeness (QED) is 0.575. The summed E-state index contributed by atoms with van der Waals surface area (Å²) in [6.07, 6.45) is 4.68. The van der Waals surface area contributed by atoms with Crippen LogP contribution in [0.1, 0.15) is 39.0 Å². The summed E-state index contributed by atoms with van der Waals surface area (Å²) in [5.74, 6) is 0.566. The third-order valence-electron chi connectivity index (χ3n) is 4.02. The number of hydrogen-bond acceptors (Lipinski definition) is 2. The van der Waals surface area contributed by atoms with E-state index in [9.17, 15) is 10.2 Å². The van der Waals surface area contributed by atoms with E-state index < -0.39 is 12.2 Å². The van der Waals surface area contributed by atoms with Crippen LogP contribution in [0.5, 0.6) is 0 Å². The van der Waals surface area contributed by atoms with Gasteiger partial charge < -0.3 is 10.2 Å². The molecule has 0 aliphatic heterocycles. The Labute approximate surface area is 73.6 Å². The van der Waals surface area contributed by atoms with Crippen LogP contribution < -0.4 is 0 Å². The Bertz CT molecular complexity index is 181. The van der Waals surface area contributed by atoms with E-state index in [2.05, 4.69) is 6.92 Å². The molecule has 0 heterocycles. The minimum atomic E-state index is -0.470. The molecule has 2 aliphatic carbocycles. The second-order valence-corrected chi connectivity index (χ2v) is 4.70. The van der Waals surface area contributed by atoms with E-state index in [0.717, 1.165) is 12.8 Å². The smallest absolute Gasteiger partial charge is 0.0855 e. The topological polar surface area (TPSA) is 40.5 Å². The molecule has 4 atom stereocenters. The Balaban J connectivity index is 2.20. The fourth-order valence-electron chi connectivity index (χ4n) is 3.07. The lowest BCUT2D eigenvalue weighted by atomic mass is 9.69. The summed E-state index contributed by atoms with van der Waals surface area (Å²) in [6, 6.07) is 0. The van der Waals surface area contributed by atoms with Crippen molar-refractivity contribution in [2.24, 2.45) is 11.3 Å². The van der Waals surface area contributed by atoms with Gasteiger partial charge in [0.15, 0.2) is 0 Å². The molecule has 2 heteroatoms. The second kappa shape index (κ2) is 2.71. The third-order valence-corrected chi connectivity index (χ3v) is 4.02. The van der Waals surface area contributed by atoms with Gasteiger partial charge in [-0.1, -0.05) is 19.8 Å². The van der Waals surface area contributed by atoms with E-state index in [1.165, 1.54) is 19.3 Å². The molecule has 2 N–H and O–H groups in total. The average Bonchev–Trinajstić information content (AvgIpc) is 2.28. The Morgan fingerprint density at radius 1 is 1.25 bits per heavy atom. The zero-order valence-corrected chi connectivity index (χ0v) is 7.66. The van der Waals surface area contributed by atoms with Gasteiger partial charge in [-0.3, -0.25) is 0 Å². The summed E-state index contributed by atoms with van der Waals surface area (Å²) in [6.45, 7) is 2.14. The summed E-state index contributed by atoms with van der Waals surface area (Å²) in [5.41, 5.74) is 0.0255. The van der Waals surface area contributed by atoms with Crippen molar-refractivity contribution >= 4 is 0 Å². The van der Waals surface area contributed by atoms with Crippen molar-refractivity contribution < 1.29 is 10.2 Å². The number of aliphatic hydroxyl groups is 2. The minimum absolute atomic E-state index is 0.0255. The van der Waals surface area contributed by atoms with Gasteiger partial charge in [0, 0.05) is 0 Å². The van der Waals surface area contributed by atoms with Crippen LogP contribution >= 0.6 is 0 Å². The molecule has 0 aromatic heterocycles. The SMILES string of the molecule is CC12CCCCC1CC(O)C2O. The zero-order valence-electron chi connectivity index (χ0n) is 7.66. The molecule has 0 radical (unpaired) electrons. The Morgan fingerprint density at radius 2 is 2.00 bits per heavy atom. The van der Waals surface area contributed by atoms with Crippen molar-refractivity contribution in [1.82, 2.24) is 0 Å². The summed E-state index contributed by atoms with van der Waals surface area (Å²) in [7, 11) is 0. The molecule has 2 aliphatic rings. The molecule has 4 unspecified atom stereocenters. The number of hydrogen-bond donors (Lipinski definition) is 2. The molecule has 0 aromatic rings. The monoisotopic (exact) mass is 170 g/mol. The Morgan fingerprint density at radius 3 is 2.67 bits per heavy atom. The van der Waals surface area contributed by atoms with Crippen LogP contribution in [0.15, 0.2) is 0 Å². The summed E-state index contributed by atoms with van der Waals surface area (Å²) in [4.78, 5) is 0. The van der Waals surface area contributed by atoms with Gasteiger partial charge in [0.2, 0.25) is 0 Å². The minimum Gasteiger partial charge on any atom is -0.390 e. The molecule has 0 bridgehead atoms. The summed E-state index contributed by atoms with van der Waals surface area (Å²) >= 11 is 0. The van der Waals surface area contributed by atoms with Crippen molar-refractivity contribution in [2.75, 3.05) is 0 Å². The van der Waals surface area contributed by atoms with Crippen LogP contribution in [0.25, 0.3) is 0 Å². The maximum absolute atomic E-state index is 9.80. The Hall–Kier alpha value is -0.0800. The Kier molecular flexibility index (Phi) is 1.92. The molecule has 0 aromatic carbocycles. The highest BCUT2D eigenvalue weighted by molar-refractivity contribution is 5.01. The molecule has 0 amide bonds. The van der Waals surface area contributed by atoms with Gasteiger partial charge in [0.05, 0.1) is 12.2 Å². The molecular weight excluding hydrogens is 152 g/mol. The first kappa shape index (κ1) is 8.52. The van der Waals surface area contributed by atoms with Crippen molar-refractivity contribution in [3.63, 3.8) is 0 Å². The molecule has 2 rings (SSSR count). The van der Waals surface area contributed by atoms with Crippen LogP contribution in [0.2, 0.25) is 0 Å². The van der Waals surface area contributed by atoms with Crippen molar-refractivity contribution in [3.05, 3.63) is 0 Å². The van der Waals surface area contributed by atoms with Gasteiger partial charge in [-0.05, 0) is 30.6 Å². The maximum Gasteiger partial charge on any atom is 0.0855 e. The van der Waals surface area contributed by atoms with Gasteiger partial charge >= 0.3 is 0 Å². The summed E-state index contributed by atoms with van der Waals surface area (Å²) < 4.78 is 0. The average molecular weight is 170 g/mol. The van der Waals surface area contributed by atoms with E-state index in [1.807, 2.05) is 0 Å². The third kappa shape index (κ3) is 1.01. The first-order valence-corrected chi connectivity index (χ1v) is 5.01. The predicted molar refractivity (Wildman–Crippen MR) is 46.7 cm³/mol. The largest absolute Gasteiger partial charge is 0.390 e. The number of aliphatic hydroxyl groups excluding tert-OH is 2. The second-order valence-electron chi connectivity index (χ2n) is 4.70. The molecule has 0 spiro atoms. The van der Waals surface area contributed by atoms with E-state index in [-0.39, 0.29) is 5.41 Å². The van der Waals surface area contributed by atoms with Crippen LogP contribution in [0.3, 0.4) is 0 Å². The van der Waals surface area contributed by atoms with Crippen LogP contribution in [-0.2, 0) is 0 Å². The van der Waals surface area contributed by atoms with Gasteiger partial charge in [-0.25, -0.2) is 0 Å². The van der Waals surface area contributed by atoms with Gasteiger partial charge in [-0.2, -0.15) is 0 Å². The van der Waals surface area contributed by atoms with E-state index in [0.29, 0.717) is 5.92 Å². The van der Waals surface area contributed by atoms with E-state index in [4.69, 9.17) is 0 Å². The van der Waals surface area contributed by atoms with Gasteiger partial charge in [-0.15, -0.1) is 0 Å². The number of rotatable bonds is 0. The fraction of sp³-hybridized carbons (Fsp3) is 1.00. The zero-order chi connectivity index (χ0) is 8.77. The highest BCUT2D eigenvalue weighted by atomic mass is 16.3. The molecule has 70 valence electrons. The molecular formula is C10H18O2. The lowest BCUT2D eigenvalue weighted by Gasteiger charge is -2.38. The first-order valence-electron chi connectivity index (χ1n) is 5.01. The van der Waals surface area contributed by atoms with Crippen LogP contribution in [0.4, 0.5) is 0 Å². The highest BCUT2D eigenvalue weighted by Gasteiger charge is 2.51. The molecule has 2 saturated carbocycles. The lowest BCUT2D eigenvalue weighted by molar-refractivity contribution is -0.0337.